The van der Waals surface area contributed by atoms with Crippen LogP contribution in [0.25, 0.3) is 0 Å². The number of nitrogens with one attached hydrogen (secondary N) is 1. The van der Waals surface area contributed by atoms with Crippen LogP contribution in [0.3, 0.4) is 0 Å². The van der Waals surface area contributed by atoms with Crippen LogP contribution >= 0.6 is 0 Å². The molecule has 1 aromatic heterocycles. The molecule has 1 N–H and O–H groups in total. The second kappa shape index (κ2) is 6.77. The molecule has 2 rings (SSSR count). The lowest BCUT2D eigenvalue weighted by Gasteiger charge is -2.21. The molecule has 0 unspecified atom stereocenters. The normalized spacial score (nSPS) is 20.6. The Hall–Kier alpha value is -0.870. The van der Waals surface area contributed by atoms with E-state index in [4.69, 9.17) is 4.74 Å². The van der Waals surface area contributed by atoms with E-state index in [-0.39, 0.29) is 0 Å². The smallest absolute Gasteiger partial charge is 0.0521 e. The Labute approximate surface area is 103 Å². The summed E-state index contributed by atoms with van der Waals surface area (Å²) < 4.78 is 7.57. The molecule has 96 valence electrons. The molecule has 1 aliphatic heterocycles. The largest absolute Gasteiger partial charge is 0.381 e. The first-order valence-electron chi connectivity index (χ1n) is 6.62. The molecule has 0 saturated carbocycles. The lowest BCUT2D eigenvalue weighted by atomic mass is 10.0. The number of aromatic nitrogens is 2. The molecule has 1 saturated heterocycles. The summed E-state index contributed by atoms with van der Waals surface area (Å²) in [6, 6.07) is 0. The highest BCUT2D eigenvalue weighted by atomic mass is 16.5. The van der Waals surface area contributed by atoms with E-state index in [9.17, 15) is 0 Å². The third-order valence-electron chi connectivity index (χ3n) is 3.28. The average molecular weight is 237 g/mol. The summed E-state index contributed by atoms with van der Waals surface area (Å²) >= 11 is 0. The van der Waals surface area contributed by atoms with E-state index in [1.165, 1.54) is 24.8 Å². The van der Waals surface area contributed by atoms with Gasteiger partial charge in [0.15, 0.2) is 0 Å². The van der Waals surface area contributed by atoms with Gasteiger partial charge < -0.3 is 10.1 Å². The minimum absolute atomic E-state index is 0.647. The van der Waals surface area contributed by atoms with Crippen LogP contribution in [0.15, 0.2) is 12.4 Å². The van der Waals surface area contributed by atoms with Gasteiger partial charge in [-0.15, -0.1) is 0 Å². The van der Waals surface area contributed by atoms with Crippen molar-refractivity contribution in [2.45, 2.75) is 32.2 Å². The highest BCUT2D eigenvalue weighted by molar-refractivity contribution is 5.03. The summed E-state index contributed by atoms with van der Waals surface area (Å²) in [7, 11) is 1.99. The molecule has 1 aliphatic rings. The molecule has 1 fully saturated rings. The third kappa shape index (κ3) is 4.13. The van der Waals surface area contributed by atoms with Gasteiger partial charge in [-0.3, -0.25) is 4.68 Å². The molecule has 2 heterocycles. The fraction of sp³-hybridized carbons (Fsp3) is 0.769. The Morgan fingerprint density at radius 3 is 3.29 bits per heavy atom. The van der Waals surface area contributed by atoms with Gasteiger partial charge in [0.05, 0.1) is 12.8 Å². The van der Waals surface area contributed by atoms with Crippen LogP contribution in [0.5, 0.6) is 0 Å². The lowest BCUT2D eigenvalue weighted by Crippen LogP contribution is -2.22. The molecule has 4 heteroatoms. The van der Waals surface area contributed by atoms with Gasteiger partial charge in [-0.2, -0.15) is 5.10 Å². The number of hydrogen-bond acceptors (Lipinski definition) is 3. The highest BCUT2D eigenvalue weighted by Crippen LogP contribution is 2.15. The molecule has 0 aromatic carbocycles. The van der Waals surface area contributed by atoms with Crippen LogP contribution in [0.1, 0.15) is 24.8 Å². The predicted octanol–water partition coefficient (Wildman–Crippen LogP) is 1.46. The average Bonchev–Trinajstić information content (AvgIpc) is 2.79. The molecule has 0 spiro atoms. The van der Waals surface area contributed by atoms with Crippen molar-refractivity contribution in [3.63, 3.8) is 0 Å². The number of rotatable bonds is 6. The summed E-state index contributed by atoms with van der Waals surface area (Å²) in [6.45, 7) is 3.91. The standard InChI is InChI=1S/C13H23N3O/c1-14-6-2-4-12-8-15-16(9-12)10-13-5-3-7-17-11-13/h8-9,13-14H,2-7,10-11H2,1H3/t13-/m1/s1. The SMILES string of the molecule is CNCCCc1cnn(C[C@H]2CCCOC2)c1. The van der Waals surface area contributed by atoms with E-state index < -0.39 is 0 Å². The Balaban J connectivity index is 1.76. The van der Waals surface area contributed by atoms with Gasteiger partial charge >= 0.3 is 0 Å². The molecular weight excluding hydrogens is 214 g/mol. The number of ether oxygens (including phenoxy) is 1. The first-order valence-corrected chi connectivity index (χ1v) is 6.62. The van der Waals surface area contributed by atoms with Crippen molar-refractivity contribution in [3.8, 4) is 0 Å². The molecule has 4 nitrogen and oxygen atoms in total. The van der Waals surface area contributed by atoms with Crippen LogP contribution in [0.2, 0.25) is 0 Å². The summed E-state index contributed by atoms with van der Waals surface area (Å²) in [5.41, 5.74) is 1.34. The van der Waals surface area contributed by atoms with Gasteiger partial charge in [0.25, 0.3) is 0 Å². The molecular formula is C13H23N3O. The van der Waals surface area contributed by atoms with E-state index in [0.717, 1.165) is 32.7 Å². The zero-order valence-electron chi connectivity index (χ0n) is 10.7. The maximum absolute atomic E-state index is 5.49. The quantitative estimate of drug-likeness (QED) is 0.761. The van der Waals surface area contributed by atoms with Crippen molar-refractivity contribution in [3.05, 3.63) is 18.0 Å². The fourth-order valence-electron chi connectivity index (χ4n) is 2.32. The maximum Gasteiger partial charge on any atom is 0.0521 e. The molecule has 17 heavy (non-hydrogen) atoms. The molecule has 0 bridgehead atoms. The van der Waals surface area contributed by atoms with Gasteiger partial charge in [0.2, 0.25) is 0 Å². The highest BCUT2D eigenvalue weighted by Gasteiger charge is 2.14. The van der Waals surface area contributed by atoms with E-state index in [2.05, 4.69) is 21.3 Å². The molecule has 0 radical (unpaired) electrons. The molecule has 0 amide bonds. The number of aryl methyl sites for hydroxylation is 1. The van der Waals surface area contributed by atoms with Crippen molar-refractivity contribution in [2.75, 3.05) is 26.8 Å². The van der Waals surface area contributed by atoms with Crippen molar-refractivity contribution in [1.29, 1.82) is 0 Å². The lowest BCUT2D eigenvalue weighted by molar-refractivity contribution is 0.0470. The third-order valence-corrected chi connectivity index (χ3v) is 3.28. The van der Waals surface area contributed by atoms with Crippen LogP contribution in [0, 0.1) is 5.92 Å². The van der Waals surface area contributed by atoms with E-state index in [1.807, 2.05) is 13.2 Å². The zero-order chi connectivity index (χ0) is 11.9. The van der Waals surface area contributed by atoms with Gasteiger partial charge in [-0.05, 0) is 44.8 Å². The summed E-state index contributed by atoms with van der Waals surface area (Å²) in [5.74, 6) is 0.647. The molecule has 1 aromatic rings. The second-order valence-electron chi connectivity index (χ2n) is 4.86. The van der Waals surface area contributed by atoms with Crippen LogP contribution in [-0.2, 0) is 17.7 Å². The Kier molecular flexibility index (Phi) is 5.01. The summed E-state index contributed by atoms with van der Waals surface area (Å²) in [5, 5.41) is 7.60. The maximum atomic E-state index is 5.49. The van der Waals surface area contributed by atoms with Crippen LogP contribution in [-0.4, -0.2) is 36.6 Å². The first kappa shape index (κ1) is 12.6. The van der Waals surface area contributed by atoms with Crippen molar-refractivity contribution < 1.29 is 4.74 Å². The van der Waals surface area contributed by atoms with Gasteiger partial charge in [-0.25, -0.2) is 0 Å². The van der Waals surface area contributed by atoms with Crippen molar-refractivity contribution in [1.82, 2.24) is 15.1 Å². The van der Waals surface area contributed by atoms with E-state index in [1.54, 1.807) is 0 Å². The van der Waals surface area contributed by atoms with E-state index in [0.29, 0.717) is 5.92 Å². The van der Waals surface area contributed by atoms with Crippen molar-refractivity contribution >= 4 is 0 Å². The van der Waals surface area contributed by atoms with Gasteiger partial charge in [-0.1, -0.05) is 0 Å². The van der Waals surface area contributed by atoms with Crippen LogP contribution < -0.4 is 5.32 Å². The number of nitrogens with zero attached hydrogens (tertiary/aromatic N) is 2. The predicted molar refractivity (Wildman–Crippen MR) is 68.0 cm³/mol. The molecule has 1 atom stereocenters. The minimum Gasteiger partial charge on any atom is -0.381 e. The zero-order valence-corrected chi connectivity index (χ0v) is 10.7. The van der Waals surface area contributed by atoms with E-state index >= 15 is 0 Å². The Morgan fingerprint density at radius 2 is 2.53 bits per heavy atom. The summed E-state index contributed by atoms with van der Waals surface area (Å²) in [4.78, 5) is 0. The number of hydrogen-bond donors (Lipinski definition) is 1. The van der Waals surface area contributed by atoms with Crippen molar-refractivity contribution in [2.24, 2.45) is 5.92 Å². The van der Waals surface area contributed by atoms with Gasteiger partial charge in [0.1, 0.15) is 0 Å². The second-order valence-corrected chi connectivity index (χ2v) is 4.86. The van der Waals surface area contributed by atoms with Crippen LogP contribution in [0.4, 0.5) is 0 Å². The first-order chi connectivity index (χ1) is 8.38. The monoisotopic (exact) mass is 237 g/mol. The van der Waals surface area contributed by atoms with Gasteiger partial charge in [0, 0.05) is 25.3 Å². The fourth-order valence-corrected chi connectivity index (χ4v) is 2.32. The minimum atomic E-state index is 0.647. The topological polar surface area (TPSA) is 39.1 Å². The summed E-state index contributed by atoms with van der Waals surface area (Å²) in [6.07, 6.45) is 8.94. The Bertz CT molecular complexity index is 318. The molecule has 0 aliphatic carbocycles. The Morgan fingerprint density at radius 1 is 1.59 bits per heavy atom.